The normalized spacial score (nSPS) is 10.9. The van der Waals surface area contributed by atoms with Gasteiger partial charge in [-0.25, -0.2) is 52.3 Å². The number of aromatic hydroxyl groups is 3. The van der Waals surface area contributed by atoms with Crippen LogP contribution >= 0.6 is 47.0 Å². The summed E-state index contributed by atoms with van der Waals surface area (Å²) >= 11 is 0.781. The van der Waals surface area contributed by atoms with Crippen molar-refractivity contribution in [3.63, 3.8) is 0 Å². The Morgan fingerprint density at radius 3 is 0.427 bits per heavy atom. The van der Waals surface area contributed by atoms with Gasteiger partial charge in [0.15, 0.2) is 0 Å². The molecule has 0 saturated carbocycles. The predicted octanol–water partition coefficient (Wildman–Crippen LogP) is 7.21. The average Bonchev–Trinajstić information content (AvgIpc) is 0.759. The fourth-order valence-electron chi connectivity index (χ4n) is 10.1. The number of rotatable bonds is 10. The molecule has 0 atom stereocenters. The van der Waals surface area contributed by atoms with Gasteiger partial charge in [0.25, 0.3) is 0 Å². The van der Waals surface area contributed by atoms with Crippen molar-refractivity contribution < 1.29 is 157 Å². The molecular formula is C84H67ClCo2N12O24S8. The van der Waals surface area contributed by atoms with Crippen molar-refractivity contribution in [2.24, 2.45) is 0 Å². The molecule has 1 aliphatic heterocycles. The monoisotopic (exact) mass is 2040 g/mol. The van der Waals surface area contributed by atoms with Gasteiger partial charge >= 0.3 is 33.6 Å². The molecule has 131 heavy (non-hydrogen) atoms. The van der Waals surface area contributed by atoms with E-state index >= 15 is 0 Å². The van der Waals surface area contributed by atoms with Crippen LogP contribution in [-0.2, 0) is 74.0 Å². The van der Waals surface area contributed by atoms with Crippen LogP contribution in [0.2, 0.25) is 0 Å². The summed E-state index contributed by atoms with van der Waals surface area (Å²) in [6.07, 6.45) is 21.2. The van der Waals surface area contributed by atoms with Gasteiger partial charge in [-0.15, -0.1) is 10.2 Å². The van der Waals surface area contributed by atoms with Crippen molar-refractivity contribution in [1.29, 1.82) is 0 Å². The first kappa shape index (κ1) is 111. The van der Waals surface area contributed by atoms with E-state index in [-0.39, 0.29) is 103 Å². The van der Waals surface area contributed by atoms with E-state index in [0.717, 1.165) is 68.3 Å². The SMILES string of the molecule is O.O.O.O.O=S(=O)([O-])c1cc2c([O-])c(c1)Sc1cc(S(=O)(=O)[O-])cc(c1O)Sc1cc(S(=O)(=O)[O-])cc(c1O)Sc1cc(S(=O)(=O)[O-])cc(c1O)S2.[Co+3].[Co+3].[O-][Cl+3]([O-])([O-])[O-].c1ccc(-c2ccccn2)nc1.c1ccc(-c2ccccn2)nc1.c1ccc(-c2ccccn2)nc1.c1ccc(-c2ccccn2)nc1.c1ccc(-c2ccccn2)nc1.c1ccc(-c2ccccn2)nc1. The van der Waals surface area contributed by atoms with Crippen LogP contribution in [0.15, 0.2) is 400 Å². The van der Waals surface area contributed by atoms with Crippen LogP contribution in [-0.4, -0.2) is 149 Å². The Hall–Kier alpha value is -12.1. The number of fused-ring (bicyclic) bond motifs is 8. The van der Waals surface area contributed by atoms with Crippen LogP contribution < -0.4 is 23.7 Å². The molecule has 8 bridgehead atoms. The molecule has 0 fully saturated rings. The number of aromatic nitrogens is 12. The van der Waals surface area contributed by atoms with E-state index in [0.29, 0.717) is 48.5 Å². The molecule has 16 aromatic rings. The van der Waals surface area contributed by atoms with E-state index in [1.165, 1.54) is 0 Å². The number of halogens is 1. The van der Waals surface area contributed by atoms with Crippen molar-refractivity contribution in [3.05, 3.63) is 341 Å². The third-order valence-electron chi connectivity index (χ3n) is 15.6. The average molecular weight is 2040 g/mol. The Bertz CT molecular complexity index is 5450. The van der Waals surface area contributed by atoms with E-state index in [9.17, 15) is 72.3 Å². The third kappa shape index (κ3) is 35.3. The van der Waals surface area contributed by atoms with Crippen LogP contribution in [0.4, 0.5) is 0 Å². The smallest absolute Gasteiger partial charge is 0.871 e. The Morgan fingerprint density at radius 2 is 0.328 bits per heavy atom. The molecule has 13 heterocycles. The summed E-state index contributed by atoms with van der Waals surface area (Å²) in [5.41, 5.74) is 11.0. The van der Waals surface area contributed by atoms with Crippen molar-refractivity contribution in [3.8, 4) is 91.3 Å². The van der Waals surface area contributed by atoms with Gasteiger partial charge in [0.1, 0.15) is 57.7 Å². The molecule has 17 rings (SSSR count). The Morgan fingerprint density at radius 1 is 0.221 bits per heavy atom. The second-order valence-electron chi connectivity index (χ2n) is 24.2. The summed E-state index contributed by atoms with van der Waals surface area (Å²) in [5, 5.41) is 46.8. The second kappa shape index (κ2) is 53.3. The Labute approximate surface area is 788 Å². The largest absolute Gasteiger partial charge is 3.00 e. The fourth-order valence-corrected chi connectivity index (χ4v) is 17.1. The predicted molar refractivity (Wildman–Crippen MR) is 458 cm³/mol. The Kier molecular flexibility index (Phi) is 45.2. The van der Waals surface area contributed by atoms with Crippen molar-refractivity contribution in [2.75, 3.05) is 0 Å². The molecule has 0 unspecified atom stereocenters. The van der Waals surface area contributed by atoms with Gasteiger partial charge in [0.05, 0.1) is 117 Å². The summed E-state index contributed by atoms with van der Waals surface area (Å²) in [5.74, 6) is -3.74. The standard InChI is InChI=1S/C24H16O16S8.6C10H8N2.ClHO4.2Co.4H2O/c25-21-13-1-9(45(29,30)31)2-14(21)42-17-5-11(47(35,36)37)6-18(23(17)27)44-20-8-12(48(38,39)40)7-19(24(20)28)43-16-4-10(46(32,33)34)3-15(41-13)22(16)26;6*1-3-7-11-9(5-1)10-6-2-4-8-12-10;2-1(3,4)5;;;;;;/h1-8,25-28H,(H,29,30,31)(H,32,33,34)(H,35,36,37)(H,38,39,40);6*1-8H;(H,2,3,4,5);;;4*1H2/q;;;;;;;;2*+3;;;;/p-6. The van der Waals surface area contributed by atoms with Crippen LogP contribution in [0.25, 0.3) is 68.3 Å². The van der Waals surface area contributed by atoms with E-state index in [1.807, 2.05) is 218 Å². The van der Waals surface area contributed by atoms with Gasteiger partial charge in [-0.05, 0) is 194 Å². The summed E-state index contributed by atoms with van der Waals surface area (Å²) in [6, 6.07) is 74.3. The number of hydrogen-bond donors (Lipinski definition) is 3. The third-order valence-corrected chi connectivity index (χ3v) is 23.1. The molecule has 47 heteroatoms. The zero-order valence-electron chi connectivity index (χ0n) is 66.3. The molecule has 1 aliphatic rings. The van der Waals surface area contributed by atoms with E-state index in [2.05, 4.69) is 59.8 Å². The minimum absolute atomic E-state index is 0. The van der Waals surface area contributed by atoms with Crippen molar-refractivity contribution in [2.45, 2.75) is 58.7 Å². The molecule has 36 nitrogen and oxygen atoms in total. The van der Waals surface area contributed by atoms with Gasteiger partial charge in [0, 0.05) is 84.2 Å². The van der Waals surface area contributed by atoms with Crippen molar-refractivity contribution >= 4 is 87.5 Å². The molecule has 0 amide bonds. The molecule has 0 spiro atoms. The number of nitrogens with zero attached hydrogens (tertiary/aromatic N) is 12. The maximum Gasteiger partial charge on any atom is 3.00 e. The van der Waals surface area contributed by atoms with Gasteiger partial charge in [0.2, 0.25) is 0 Å². The fraction of sp³-hybridized carbons (Fsp3) is 0. The van der Waals surface area contributed by atoms with Crippen LogP contribution in [0.5, 0.6) is 23.0 Å². The van der Waals surface area contributed by atoms with E-state index in [1.54, 1.807) is 74.4 Å². The summed E-state index contributed by atoms with van der Waals surface area (Å²) in [4.78, 5) is 41.3. The number of pyridine rings is 12. The first-order valence-corrected chi connectivity index (χ1v) is 45.4. The topological polar surface area (TPSA) is 685 Å². The first-order chi connectivity index (χ1) is 59.7. The maximum absolute atomic E-state index is 13.5. The van der Waals surface area contributed by atoms with E-state index < -0.39 is 132 Å². The number of benzene rings is 4. The molecule has 0 aliphatic carbocycles. The maximum atomic E-state index is 13.5. The number of phenolic OH excluding ortho intramolecular Hbond substituents is 3. The zero-order chi connectivity index (χ0) is 89.6. The zero-order valence-corrected chi connectivity index (χ0v) is 75.7. The van der Waals surface area contributed by atoms with Crippen LogP contribution in [0, 0.1) is 10.2 Å². The van der Waals surface area contributed by atoms with Gasteiger partial charge in [-0.3, -0.25) is 59.8 Å². The van der Waals surface area contributed by atoms with E-state index in [4.69, 9.17) is 18.6 Å². The number of phenols is 3. The first-order valence-electron chi connectivity index (χ1n) is 35.3. The van der Waals surface area contributed by atoms with Gasteiger partial charge in [-0.2, -0.15) is 0 Å². The molecule has 680 valence electrons. The summed E-state index contributed by atoms with van der Waals surface area (Å²) < 4.78 is 178. The summed E-state index contributed by atoms with van der Waals surface area (Å²) in [6.45, 7) is 0. The Balaban J connectivity index is 0.000000352. The molecule has 0 radical (unpaired) electrons. The summed E-state index contributed by atoms with van der Waals surface area (Å²) in [7, 11) is -26.3. The van der Waals surface area contributed by atoms with Gasteiger partial charge in [-0.1, -0.05) is 126 Å². The quantitative estimate of drug-likeness (QED) is 0.114. The van der Waals surface area contributed by atoms with Crippen LogP contribution in [0.1, 0.15) is 0 Å². The minimum Gasteiger partial charge on any atom is -0.871 e. The molecule has 12 aromatic heterocycles. The van der Waals surface area contributed by atoms with Crippen molar-refractivity contribution in [1.82, 2.24) is 59.8 Å². The van der Waals surface area contributed by atoms with Crippen LogP contribution in [0.3, 0.4) is 0 Å². The molecule has 11 N–H and O–H groups in total. The second-order valence-corrected chi connectivity index (χ2v) is 34.8. The molecule has 0 saturated heterocycles. The van der Waals surface area contributed by atoms with Gasteiger partial charge < -0.3 is 60.5 Å². The molecular weight excluding hydrogens is 1970 g/mol. The number of hydrogen-bond acceptors (Lipinski definition) is 36. The molecule has 4 aromatic carbocycles. The minimum atomic E-state index is -5.35.